The Bertz CT molecular complexity index is 1130. The van der Waals surface area contributed by atoms with Crippen molar-refractivity contribution in [2.45, 2.75) is 65.6 Å². The van der Waals surface area contributed by atoms with Gasteiger partial charge in [0.25, 0.3) is 5.91 Å². The van der Waals surface area contributed by atoms with E-state index in [1.165, 1.54) is 4.90 Å². The number of carbonyl (C=O) groups excluding carboxylic acids is 3. The van der Waals surface area contributed by atoms with E-state index < -0.39 is 35.6 Å². The third-order valence-corrected chi connectivity index (χ3v) is 5.75. The number of nitrogens with one attached hydrogen (secondary N) is 2. The lowest BCUT2D eigenvalue weighted by atomic mass is 9.98. The minimum atomic E-state index is -1.13. The van der Waals surface area contributed by atoms with Gasteiger partial charge in [0.2, 0.25) is 5.91 Å². The van der Waals surface area contributed by atoms with Crippen molar-refractivity contribution in [1.82, 2.24) is 10.2 Å². The molecule has 0 aliphatic carbocycles. The Labute approximate surface area is 225 Å². The van der Waals surface area contributed by atoms with Crippen molar-refractivity contribution in [3.8, 4) is 11.8 Å². The number of amides is 3. The second-order valence-corrected chi connectivity index (χ2v) is 10.2. The van der Waals surface area contributed by atoms with Crippen LogP contribution in [-0.4, -0.2) is 48.1 Å². The van der Waals surface area contributed by atoms with Gasteiger partial charge in [0.15, 0.2) is 0 Å². The lowest BCUT2D eigenvalue weighted by molar-refractivity contribution is -0.140. The van der Waals surface area contributed by atoms with Gasteiger partial charge in [0.1, 0.15) is 30.0 Å². The molecule has 204 valence electrons. The first kappa shape index (κ1) is 30.2. The van der Waals surface area contributed by atoms with Crippen LogP contribution in [0.1, 0.15) is 58.7 Å². The van der Waals surface area contributed by atoms with Gasteiger partial charge in [-0.05, 0) is 68.5 Å². The maximum Gasteiger partial charge on any atom is 0.408 e. The average molecular weight is 523 g/mol. The molecule has 9 heteroatoms. The van der Waals surface area contributed by atoms with Gasteiger partial charge in [0.05, 0.1) is 13.2 Å². The largest absolute Gasteiger partial charge is 0.497 e. The van der Waals surface area contributed by atoms with Crippen LogP contribution in [0.4, 0.5) is 10.5 Å². The van der Waals surface area contributed by atoms with Gasteiger partial charge >= 0.3 is 6.09 Å². The molecule has 2 unspecified atom stereocenters. The standard InChI is InChI=1S/C29H38N4O5/c1-8-20-9-11-21(12-10-20)25(26(34)31-22-13-15-23(37-7)16-14-22)33(18-17-30)27(35)24(19(2)3)32-28(36)38-29(4,5)6/h9-16,19,24-25H,8,18H2,1-7H3,(H,31,34)(H,32,36). The van der Waals surface area contributed by atoms with Crippen molar-refractivity contribution < 1.29 is 23.9 Å². The average Bonchev–Trinajstić information content (AvgIpc) is 2.86. The number of hydrogen-bond acceptors (Lipinski definition) is 6. The zero-order chi connectivity index (χ0) is 28.5. The van der Waals surface area contributed by atoms with Crippen LogP contribution in [0.25, 0.3) is 0 Å². The van der Waals surface area contributed by atoms with Gasteiger partial charge in [-0.2, -0.15) is 5.26 Å². The number of anilines is 1. The molecule has 0 fully saturated rings. The number of carbonyl (C=O) groups is 3. The SMILES string of the molecule is CCc1ccc(C(C(=O)Nc2ccc(OC)cc2)N(CC#N)C(=O)C(NC(=O)OC(C)(C)C)C(C)C)cc1. The molecule has 2 N–H and O–H groups in total. The number of aryl methyl sites for hydroxylation is 1. The van der Waals surface area contributed by atoms with E-state index in [9.17, 15) is 19.6 Å². The molecule has 2 rings (SSSR count). The summed E-state index contributed by atoms with van der Waals surface area (Å²) in [4.78, 5) is 41.3. The summed E-state index contributed by atoms with van der Waals surface area (Å²) in [5.41, 5.74) is 1.34. The van der Waals surface area contributed by atoms with Crippen LogP contribution in [0.2, 0.25) is 0 Å². The van der Waals surface area contributed by atoms with Crippen LogP contribution in [0.5, 0.6) is 5.75 Å². The van der Waals surface area contributed by atoms with Crippen LogP contribution >= 0.6 is 0 Å². The van der Waals surface area contributed by atoms with Crippen LogP contribution in [0, 0.1) is 17.2 Å². The minimum Gasteiger partial charge on any atom is -0.497 e. The molecule has 0 heterocycles. The number of ether oxygens (including phenoxy) is 2. The zero-order valence-electron chi connectivity index (χ0n) is 23.2. The van der Waals surface area contributed by atoms with Crippen molar-refractivity contribution in [3.63, 3.8) is 0 Å². The predicted molar refractivity (Wildman–Crippen MR) is 146 cm³/mol. The molecule has 0 spiro atoms. The van der Waals surface area contributed by atoms with Crippen molar-refractivity contribution in [1.29, 1.82) is 5.26 Å². The maximum atomic E-state index is 13.9. The van der Waals surface area contributed by atoms with Crippen LogP contribution in [0.15, 0.2) is 48.5 Å². The Hall–Kier alpha value is -4.06. The van der Waals surface area contributed by atoms with Gasteiger partial charge in [-0.15, -0.1) is 0 Å². The van der Waals surface area contributed by atoms with Crippen molar-refractivity contribution in [2.24, 2.45) is 5.92 Å². The predicted octanol–water partition coefficient (Wildman–Crippen LogP) is 4.84. The number of nitrogens with zero attached hydrogens (tertiary/aromatic N) is 2. The highest BCUT2D eigenvalue weighted by molar-refractivity contribution is 5.99. The fourth-order valence-corrected chi connectivity index (χ4v) is 3.79. The number of nitriles is 1. The smallest absolute Gasteiger partial charge is 0.408 e. The first-order valence-electron chi connectivity index (χ1n) is 12.6. The Morgan fingerprint density at radius 3 is 2.11 bits per heavy atom. The molecular formula is C29H38N4O5. The lowest BCUT2D eigenvalue weighted by Gasteiger charge is -2.34. The van der Waals surface area contributed by atoms with Crippen LogP contribution in [0.3, 0.4) is 0 Å². The van der Waals surface area contributed by atoms with E-state index in [4.69, 9.17) is 9.47 Å². The molecule has 3 amide bonds. The van der Waals surface area contributed by atoms with E-state index in [1.54, 1.807) is 78.1 Å². The molecule has 38 heavy (non-hydrogen) atoms. The summed E-state index contributed by atoms with van der Waals surface area (Å²) in [6, 6.07) is 14.0. The molecular weight excluding hydrogens is 484 g/mol. The van der Waals surface area contributed by atoms with Gasteiger partial charge in [0, 0.05) is 5.69 Å². The van der Waals surface area contributed by atoms with E-state index in [-0.39, 0.29) is 12.5 Å². The van der Waals surface area contributed by atoms with Gasteiger partial charge in [-0.1, -0.05) is 45.0 Å². The highest BCUT2D eigenvalue weighted by Gasteiger charge is 2.37. The quantitative estimate of drug-likeness (QED) is 0.431. The van der Waals surface area contributed by atoms with Crippen molar-refractivity contribution in [3.05, 3.63) is 59.7 Å². The number of benzene rings is 2. The molecule has 0 saturated heterocycles. The Kier molecular flexibility index (Phi) is 10.7. The fourth-order valence-electron chi connectivity index (χ4n) is 3.79. The van der Waals surface area contributed by atoms with Crippen molar-refractivity contribution >= 4 is 23.6 Å². The third kappa shape index (κ3) is 8.51. The monoisotopic (exact) mass is 522 g/mol. The molecule has 0 saturated carbocycles. The van der Waals surface area contributed by atoms with E-state index in [0.717, 1.165) is 12.0 Å². The van der Waals surface area contributed by atoms with E-state index in [1.807, 2.05) is 25.1 Å². The Morgan fingerprint density at radius 1 is 1.03 bits per heavy atom. The molecule has 0 radical (unpaired) electrons. The summed E-state index contributed by atoms with van der Waals surface area (Å²) in [5.74, 6) is -0.780. The maximum absolute atomic E-state index is 13.9. The summed E-state index contributed by atoms with van der Waals surface area (Å²) >= 11 is 0. The van der Waals surface area contributed by atoms with Gasteiger partial charge < -0.3 is 25.0 Å². The molecule has 0 bridgehead atoms. The summed E-state index contributed by atoms with van der Waals surface area (Å²) in [5, 5.41) is 15.1. The number of hydrogen-bond donors (Lipinski definition) is 2. The third-order valence-electron chi connectivity index (χ3n) is 5.75. The topological polar surface area (TPSA) is 121 Å². The van der Waals surface area contributed by atoms with Crippen LogP contribution in [-0.2, 0) is 20.7 Å². The summed E-state index contributed by atoms with van der Waals surface area (Å²) in [6.45, 7) is 10.4. The minimum absolute atomic E-state index is 0.344. The first-order valence-corrected chi connectivity index (χ1v) is 12.6. The summed E-state index contributed by atoms with van der Waals surface area (Å²) < 4.78 is 10.5. The molecule has 0 aromatic heterocycles. The summed E-state index contributed by atoms with van der Waals surface area (Å²) in [6.07, 6.45) is 0.0481. The van der Waals surface area contributed by atoms with E-state index >= 15 is 0 Å². The van der Waals surface area contributed by atoms with E-state index in [2.05, 4.69) is 10.6 Å². The van der Waals surface area contributed by atoms with Gasteiger partial charge in [-0.25, -0.2) is 4.79 Å². The van der Waals surface area contributed by atoms with E-state index in [0.29, 0.717) is 17.0 Å². The normalized spacial score (nSPS) is 12.6. The fraction of sp³-hybridized carbons (Fsp3) is 0.448. The Morgan fingerprint density at radius 2 is 1.63 bits per heavy atom. The van der Waals surface area contributed by atoms with Crippen LogP contribution < -0.4 is 15.4 Å². The molecule has 2 atom stereocenters. The highest BCUT2D eigenvalue weighted by atomic mass is 16.6. The molecule has 2 aromatic carbocycles. The molecule has 0 aliphatic heterocycles. The van der Waals surface area contributed by atoms with Crippen molar-refractivity contribution in [2.75, 3.05) is 19.0 Å². The number of rotatable bonds is 10. The van der Waals surface area contributed by atoms with Gasteiger partial charge in [-0.3, -0.25) is 9.59 Å². The highest BCUT2D eigenvalue weighted by Crippen LogP contribution is 2.26. The summed E-state index contributed by atoms with van der Waals surface area (Å²) in [7, 11) is 1.55. The number of alkyl carbamates (subject to hydrolysis) is 1. The molecule has 2 aromatic rings. The first-order chi connectivity index (χ1) is 17.9. The Balaban J connectivity index is 2.48. The zero-order valence-corrected chi connectivity index (χ0v) is 23.2. The molecule has 0 aliphatic rings. The second-order valence-electron chi connectivity index (χ2n) is 10.2. The molecule has 9 nitrogen and oxygen atoms in total. The second kappa shape index (κ2) is 13.5. The number of methoxy groups -OCH3 is 1. The lowest BCUT2D eigenvalue weighted by Crippen LogP contribution is -2.54.